The molecular weight excluding hydrogens is 264 g/mol. The maximum absolute atomic E-state index is 4.42. The molecule has 0 saturated heterocycles. The van der Waals surface area contributed by atoms with Gasteiger partial charge in [-0.15, -0.1) is 10.2 Å². The summed E-state index contributed by atoms with van der Waals surface area (Å²) in [5.74, 6) is 0. The molecule has 0 aliphatic carbocycles. The van der Waals surface area contributed by atoms with Crippen LogP contribution in [0.1, 0.15) is 23.9 Å². The van der Waals surface area contributed by atoms with Crippen molar-refractivity contribution < 1.29 is 0 Å². The summed E-state index contributed by atoms with van der Waals surface area (Å²) >= 11 is 3.15. The van der Waals surface area contributed by atoms with E-state index in [-0.39, 0.29) is 0 Å². The number of aromatic nitrogens is 3. The lowest BCUT2D eigenvalue weighted by Gasteiger charge is -2.03. The van der Waals surface area contributed by atoms with Crippen LogP contribution in [-0.4, -0.2) is 21.7 Å². The van der Waals surface area contributed by atoms with E-state index in [2.05, 4.69) is 33.5 Å². The van der Waals surface area contributed by atoms with Gasteiger partial charge in [-0.1, -0.05) is 24.3 Å². The molecule has 0 aliphatic heterocycles. The average molecular weight is 280 g/mol. The molecule has 0 aromatic carbocycles. The number of hydrogen-bond acceptors (Lipinski definition) is 6. The van der Waals surface area contributed by atoms with E-state index < -0.39 is 0 Å². The van der Waals surface area contributed by atoms with Crippen LogP contribution in [0.2, 0.25) is 0 Å². The normalized spacial score (nSPS) is 10.8. The van der Waals surface area contributed by atoms with Crippen molar-refractivity contribution in [2.45, 2.75) is 36.2 Å². The Balaban J connectivity index is 1.91. The van der Waals surface area contributed by atoms with Crippen LogP contribution >= 0.6 is 23.1 Å². The summed E-state index contributed by atoms with van der Waals surface area (Å²) in [5.41, 5.74) is 1.21. The average Bonchev–Trinajstić information content (AvgIpc) is 2.77. The van der Waals surface area contributed by atoms with Gasteiger partial charge in [0, 0.05) is 12.7 Å². The van der Waals surface area contributed by atoms with Gasteiger partial charge in [-0.3, -0.25) is 0 Å². The molecule has 0 amide bonds. The van der Waals surface area contributed by atoms with Gasteiger partial charge < -0.3 is 5.32 Å². The van der Waals surface area contributed by atoms with Crippen LogP contribution in [0.5, 0.6) is 0 Å². The Labute approximate surface area is 115 Å². The van der Waals surface area contributed by atoms with Crippen LogP contribution in [0.3, 0.4) is 0 Å². The molecular formula is C12H16N4S2. The molecule has 0 spiro atoms. The highest BCUT2D eigenvalue weighted by atomic mass is 32.2. The maximum atomic E-state index is 4.42. The number of hydrogen-bond donors (Lipinski definition) is 1. The summed E-state index contributed by atoms with van der Waals surface area (Å²) < 4.78 is 0.942. The molecule has 18 heavy (non-hydrogen) atoms. The van der Waals surface area contributed by atoms with Crippen molar-refractivity contribution in [1.29, 1.82) is 0 Å². The topological polar surface area (TPSA) is 50.7 Å². The lowest BCUT2D eigenvalue weighted by molar-refractivity contribution is 0.673. The predicted octanol–water partition coefficient (Wildman–Crippen LogP) is 2.89. The van der Waals surface area contributed by atoms with Crippen LogP contribution in [0.25, 0.3) is 0 Å². The highest BCUT2D eigenvalue weighted by Crippen LogP contribution is 2.28. The van der Waals surface area contributed by atoms with Crippen LogP contribution < -0.4 is 5.32 Å². The predicted molar refractivity (Wildman–Crippen MR) is 75.0 cm³/mol. The Morgan fingerprint density at radius 1 is 1.33 bits per heavy atom. The first-order chi connectivity index (χ1) is 8.78. The first-order valence-electron chi connectivity index (χ1n) is 5.91. The van der Waals surface area contributed by atoms with Crippen molar-refractivity contribution in [2.75, 3.05) is 6.54 Å². The first kappa shape index (κ1) is 13.5. The zero-order valence-electron chi connectivity index (χ0n) is 10.5. The Morgan fingerprint density at radius 2 is 2.22 bits per heavy atom. The van der Waals surface area contributed by atoms with E-state index in [1.165, 1.54) is 5.56 Å². The smallest absolute Gasteiger partial charge is 0.180 e. The van der Waals surface area contributed by atoms with Crippen molar-refractivity contribution in [3.63, 3.8) is 0 Å². The van der Waals surface area contributed by atoms with E-state index in [0.717, 1.165) is 33.9 Å². The van der Waals surface area contributed by atoms with Crippen molar-refractivity contribution >= 4 is 23.1 Å². The molecule has 1 N–H and O–H groups in total. The molecule has 0 saturated carbocycles. The standard InChI is InChI=1S/C12H16N4S2/c1-3-6-13-7-10-4-5-11(14-8-10)18-12-16-15-9(2)17-12/h4-5,8,13H,3,6-7H2,1-2H3. The lowest BCUT2D eigenvalue weighted by Crippen LogP contribution is -2.13. The van der Waals surface area contributed by atoms with E-state index in [1.807, 2.05) is 19.2 Å². The molecule has 6 heteroatoms. The van der Waals surface area contributed by atoms with Crippen molar-refractivity contribution in [1.82, 2.24) is 20.5 Å². The summed E-state index contributed by atoms with van der Waals surface area (Å²) in [4.78, 5) is 4.42. The van der Waals surface area contributed by atoms with Crippen molar-refractivity contribution in [2.24, 2.45) is 0 Å². The van der Waals surface area contributed by atoms with E-state index in [4.69, 9.17) is 0 Å². The molecule has 96 valence electrons. The molecule has 0 fully saturated rings. The van der Waals surface area contributed by atoms with Gasteiger partial charge in [-0.25, -0.2) is 4.98 Å². The minimum absolute atomic E-state index is 0.879. The monoisotopic (exact) mass is 280 g/mol. The second-order valence-electron chi connectivity index (χ2n) is 3.87. The van der Waals surface area contributed by atoms with E-state index in [9.17, 15) is 0 Å². The fourth-order valence-electron chi connectivity index (χ4n) is 1.39. The van der Waals surface area contributed by atoms with E-state index in [0.29, 0.717) is 0 Å². The lowest BCUT2D eigenvalue weighted by atomic mass is 10.3. The molecule has 2 heterocycles. The largest absolute Gasteiger partial charge is 0.313 e. The maximum Gasteiger partial charge on any atom is 0.180 e. The summed E-state index contributed by atoms with van der Waals surface area (Å²) in [6, 6.07) is 4.14. The highest BCUT2D eigenvalue weighted by molar-refractivity contribution is 8.01. The summed E-state index contributed by atoms with van der Waals surface area (Å²) in [6.07, 6.45) is 3.07. The molecule has 2 aromatic rings. The number of aryl methyl sites for hydroxylation is 1. The third kappa shape index (κ3) is 4.04. The second-order valence-corrected chi connectivity index (χ2v) is 6.32. The van der Waals surface area contributed by atoms with E-state index in [1.54, 1.807) is 23.1 Å². The molecule has 2 aromatic heterocycles. The number of nitrogens with zero attached hydrogens (tertiary/aromatic N) is 3. The molecule has 2 rings (SSSR count). The second kappa shape index (κ2) is 6.82. The van der Waals surface area contributed by atoms with Gasteiger partial charge in [0.25, 0.3) is 0 Å². The van der Waals surface area contributed by atoms with Gasteiger partial charge in [0.05, 0.1) is 0 Å². The van der Waals surface area contributed by atoms with Gasteiger partial charge in [-0.05, 0) is 43.3 Å². The van der Waals surface area contributed by atoms with Gasteiger partial charge in [0.2, 0.25) is 0 Å². The zero-order chi connectivity index (χ0) is 12.8. The van der Waals surface area contributed by atoms with Gasteiger partial charge in [0.15, 0.2) is 4.34 Å². The van der Waals surface area contributed by atoms with Crippen LogP contribution in [0.4, 0.5) is 0 Å². The molecule has 4 nitrogen and oxygen atoms in total. The van der Waals surface area contributed by atoms with Gasteiger partial charge in [0.1, 0.15) is 10.0 Å². The van der Waals surface area contributed by atoms with Crippen molar-refractivity contribution in [3.05, 3.63) is 28.9 Å². The molecule has 0 radical (unpaired) electrons. The number of rotatable bonds is 6. The zero-order valence-corrected chi connectivity index (χ0v) is 12.1. The number of nitrogens with one attached hydrogen (secondary N) is 1. The third-order valence-corrected chi connectivity index (χ3v) is 4.09. The summed E-state index contributed by atoms with van der Waals surface area (Å²) in [6.45, 7) is 6.04. The van der Waals surface area contributed by atoms with Crippen molar-refractivity contribution in [3.8, 4) is 0 Å². The molecule has 0 atom stereocenters. The fourth-order valence-corrected chi connectivity index (χ4v) is 3.10. The van der Waals surface area contributed by atoms with Gasteiger partial charge in [-0.2, -0.15) is 0 Å². The number of pyridine rings is 1. The molecule has 0 aliphatic rings. The quantitative estimate of drug-likeness (QED) is 0.825. The summed E-state index contributed by atoms with van der Waals surface area (Å²) in [5, 5.41) is 13.4. The minimum atomic E-state index is 0.879. The SMILES string of the molecule is CCCNCc1ccc(Sc2nnc(C)s2)nc1. The summed E-state index contributed by atoms with van der Waals surface area (Å²) in [7, 11) is 0. The van der Waals surface area contributed by atoms with Crippen LogP contribution in [-0.2, 0) is 6.54 Å². The van der Waals surface area contributed by atoms with Crippen LogP contribution in [0, 0.1) is 6.92 Å². The minimum Gasteiger partial charge on any atom is -0.313 e. The Bertz CT molecular complexity index is 481. The highest BCUT2D eigenvalue weighted by Gasteiger charge is 2.04. The Morgan fingerprint density at radius 3 is 2.83 bits per heavy atom. The van der Waals surface area contributed by atoms with Gasteiger partial charge >= 0.3 is 0 Å². The first-order valence-corrected chi connectivity index (χ1v) is 7.55. The molecule has 0 unspecified atom stereocenters. The Hall–Kier alpha value is -0.980. The van der Waals surface area contributed by atoms with Crippen LogP contribution in [0.15, 0.2) is 27.7 Å². The fraction of sp³-hybridized carbons (Fsp3) is 0.417. The molecule has 0 bridgehead atoms. The Kier molecular flexibility index (Phi) is 5.10. The third-order valence-electron chi connectivity index (χ3n) is 2.25. The van der Waals surface area contributed by atoms with E-state index >= 15 is 0 Å².